The van der Waals surface area contributed by atoms with Crippen LogP contribution in [0.2, 0.25) is 0 Å². The van der Waals surface area contributed by atoms with Gasteiger partial charge in [0.25, 0.3) is 0 Å². The summed E-state index contributed by atoms with van der Waals surface area (Å²) in [5.41, 5.74) is 3.18. The number of para-hydroxylation sites is 1. The van der Waals surface area contributed by atoms with Crippen molar-refractivity contribution in [3.8, 4) is 0 Å². The lowest BCUT2D eigenvalue weighted by Gasteiger charge is -2.38. The SMILES string of the molecule is Cc1cccc(C)c1NC(=O)[C@@H]1C[C@H](CCO)CCN1CC1CC1. The molecule has 1 saturated carbocycles. The number of nitrogens with zero attached hydrogens (tertiary/aromatic N) is 1. The van der Waals surface area contributed by atoms with Crippen LogP contribution in [0.4, 0.5) is 5.69 Å². The van der Waals surface area contributed by atoms with Gasteiger partial charge in [0, 0.05) is 18.8 Å². The molecule has 132 valence electrons. The quantitative estimate of drug-likeness (QED) is 0.842. The zero-order valence-electron chi connectivity index (χ0n) is 14.9. The predicted molar refractivity (Wildman–Crippen MR) is 97.1 cm³/mol. The molecule has 2 N–H and O–H groups in total. The molecule has 4 heteroatoms. The first kappa shape index (κ1) is 17.4. The molecule has 2 aliphatic rings. The summed E-state index contributed by atoms with van der Waals surface area (Å²) >= 11 is 0. The molecule has 24 heavy (non-hydrogen) atoms. The number of amides is 1. The second kappa shape index (κ2) is 7.66. The maximum atomic E-state index is 13.0. The third kappa shape index (κ3) is 4.17. The monoisotopic (exact) mass is 330 g/mol. The Balaban J connectivity index is 1.72. The molecule has 0 radical (unpaired) electrons. The smallest absolute Gasteiger partial charge is 0.241 e. The van der Waals surface area contributed by atoms with Crippen LogP contribution in [-0.4, -0.2) is 41.7 Å². The van der Waals surface area contributed by atoms with E-state index in [1.54, 1.807) is 0 Å². The largest absolute Gasteiger partial charge is 0.396 e. The molecular formula is C20H30N2O2. The first-order valence-corrected chi connectivity index (χ1v) is 9.30. The van der Waals surface area contributed by atoms with Gasteiger partial charge < -0.3 is 10.4 Å². The molecule has 0 bridgehead atoms. The molecule has 4 nitrogen and oxygen atoms in total. The Labute approximate surface area is 145 Å². The van der Waals surface area contributed by atoms with Crippen molar-refractivity contribution in [2.75, 3.05) is 25.0 Å². The molecule has 3 rings (SSSR count). The van der Waals surface area contributed by atoms with Crippen molar-refractivity contribution < 1.29 is 9.90 Å². The molecule has 0 spiro atoms. The Morgan fingerprint density at radius 2 is 1.92 bits per heavy atom. The molecule has 0 unspecified atom stereocenters. The van der Waals surface area contributed by atoms with E-state index in [1.165, 1.54) is 12.8 Å². The van der Waals surface area contributed by atoms with Gasteiger partial charge >= 0.3 is 0 Å². The summed E-state index contributed by atoms with van der Waals surface area (Å²) in [6, 6.07) is 6.05. The van der Waals surface area contributed by atoms with Crippen molar-refractivity contribution in [2.24, 2.45) is 11.8 Å². The summed E-state index contributed by atoms with van der Waals surface area (Å²) < 4.78 is 0. The lowest BCUT2D eigenvalue weighted by molar-refractivity contribution is -0.123. The number of piperidine rings is 1. The summed E-state index contributed by atoms with van der Waals surface area (Å²) in [6.07, 6.45) is 5.39. The number of benzene rings is 1. The number of nitrogens with one attached hydrogen (secondary N) is 1. The number of hydrogen-bond donors (Lipinski definition) is 2. The van der Waals surface area contributed by atoms with E-state index in [9.17, 15) is 9.90 Å². The molecule has 2 atom stereocenters. The minimum absolute atomic E-state index is 0.0603. The summed E-state index contributed by atoms with van der Waals surface area (Å²) in [4.78, 5) is 15.4. The molecule has 1 aliphatic carbocycles. The Bertz CT molecular complexity index is 563. The van der Waals surface area contributed by atoms with E-state index in [1.807, 2.05) is 32.0 Å². The predicted octanol–water partition coefficient (Wildman–Crippen LogP) is 3.11. The van der Waals surface area contributed by atoms with E-state index < -0.39 is 0 Å². The van der Waals surface area contributed by atoms with Crippen molar-refractivity contribution in [2.45, 2.75) is 52.0 Å². The molecule has 1 saturated heterocycles. The van der Waals surface area contributed by atoms with Crippen LogP contribution >= 0.6 is 0 Å². The highest BCUT2D eigenvalue weighted by molar-refractivity contribution is 5.96. The molecule has 2 fully saturated rings. The Hall–Kier alpha value is -1.39. The minimum Gasteiger partial charge on any atom is -0.396 e. The van der Waals surface area contributed by atoms with E-state index in [0.29, 0.717) is 5.92 Å². The number of carbonyl (C=O) groups is 1. The standard InChI is InChI=1S/C20H30N2O2/c1-14-4-3-5-15(2)19(14)21-20(24)18-12-16(9-11-23)8-10-22(18)13-17-6-7-17/h3-5,16-18,23H,6-13H2,1-2H3,(H,21,24)/t16-,18-/m0/s1. The topological polar surface area (TPSA) is 52.6 Å². The van der Waals surface area contributed by atoms with Gasteiger partial charge in [0.05, 0.1) is 6.04 Å². The Kier molecular flexibility index (Phi) is 5.57. The minimum atomic E-state index is -0.0603. The number of aliphatic hydroxyl groups is 1. The van der Waals surface area contributed by atoms with Crippen molar-refractivity contribution in [3.63, 3.8) is 0 Å². The van der Waals surface area contributed by atoms with Crippen LogP contribution in [-0.2, 0) is 4.79 Å². The molecule has 1 aromatic rings. The highest BCUT2D eigenvalue weighted by atomic mass is 16.3. The van der Waals surface area contributed by atoms with E-state index in [2.05, 4.69) is 10.2 Å². The van der Waals surface area contributed by atoms with Crippen LogP contribution in [0.1, 0.15) is 43.2 Å². The number of aryl methyl sites for hydroxylation is 2. The van der Waals surface area contributed by atoms with Gasteiger partial charge in [-0.05, 0) is 75.5 Å². The van der Waals surface area contributed by atoms with Crippen LogP contribution in [0, 0.1) is 25.7 Å². The Morgan fingerprint density at radius 1 is 1.21 bits per heavy atom. The fourth-order valence-electron chi connectivity index (χ4n) is 3.87. The number of aliphatic hydroxyl groups excluding tert-OH is 1. The van der Waals surface area contributed by atoms with Crippen LogP contribution in [0.15, 0.2) is 18.2 Å². The first-order chi connectivity index (χ1) is 11.6. The number of rotatable bonds is 6. The van der Waals surface area contributed by atoms with Crippen LogP contribution in [0.3, 0.4) is 0 Å². The average Bonchev–Trinajstić information content (AvgIpc) is 3.36. The molecule has 0 aromatic heterocycles. The summed E-state index contributed by atoms with van der Waals surface area (Å²) in [5.74, 6) is 1.37. The average molecular weight is 330 g/mol. The summed E-state index contributed by atoms with van der Waals surface area (Å²) in [7, 11) is 0. The van der Waals surface area contributed by atoms with E-state index in [4.69, 9.17) is 0 Å². The molecule has 1 amide bonds. The highest BCUT2D eigenvalue weighted by Gasteiger charge is 2.36. The van der Waals surface area contributed by atoms with Crippen LogP contribution < -0.4 is 5.32 Å². The second-order valence-corrected chi connectivity index (χ2v) is 7.61. The van der Waals surface area contributed by atoms with Gasteiger partial charge in [-0.15, -0.1) is 0 Å². The van der Waals surface area contributed by atoms with Crippen molar-refractivity contribution in [3.05, 3.63) is 29.3 Å². The fraction of sp³-hybridized carbons (Fsp3) is 0.650. The molecule has 1 heterocycles. The lowest BCUT2D eigenvalue weighted by atomic mass is 9.87. The second-order valence-electron chi connectivity index (χ2n) is 7.61. The normalized spacial score (nSPS) is 24.8. The van der Waals surface area contributed by atoms with Gasteiger partial charge in [0.2, 0.25) is 5.91 Å². The van der Waals surface area contributed by atoms with Crippen molar-refractivity contribution >= 4 is 11.6 Å². The third-order valence-corrected chi connectivity index (χ3v) is 5.58. The zero-order chi connectivity index (χ0) is 17.1. The molecule has 1 aromatic carbocycles. The first-order valence-electron chi connectivity index (χ1n) is 9.30. The van der Waals surface area contributed by atoms with Gasteiger partial charge in [0.15, 0.2) is 0 Å². The van der Waals surface area contributed by atoms with Crippen molar-refractivity contribution in [1.82, 2.24) is 4.90 Å². The maximum Gasteiger partial charge on any atom is 0.241 e. The summed E-state index contributed by atoms with van der Waals surface area (Å²) in [6.45, 7) is 6.33. The fourth-order valence-corrected chi connectivity index (χ4v) is 3.87. The van der Waals surface area contributed by atoms with E-state index in [-0.39, 0.29) is 18.6 Å². The molecular weight excluding hydrogens is 300 g/mol. The lowest BCUT2D eigenvalue weighted by Crippen LogP contribution is -2.50. The maximum absolute atomic E-state index is 13.0. The Morgan fingerprint density at radius 3 is 2.54 bits per heavy atom. The number of hydrogen-bond acceptors (Lipinski definition) is 3. The van der Waals surface area contributed by atoms with E-state index in [0.717, 1.165) is 55.1 Å². The third-order valence-electron chi connectivity index (χ3n) is 5.58. The van der Waals surface area contributed by atoms with Gasteiger partial charge in [-0.1, -0.05) is 18.2 Å². The van der Waals surface area contributed by atoms with Gasteiger partial charge in [-0.25, -0.2) is 0 Å². The zero-order valence-corrected chi connectivity index (χ0v) is 14.9. The van der Waals surface area contributed by atoms with Crippen LogP contribution in [0.25, 0.3) is 0 Å². The van der Waals surface area contributed by atoms with Gasteiger partial charge in [-0.2, -0.15) is 0 Å². The van der Waals surface area contributed by atoms with Gasteiger partial charge in [0.1, 0.15) is 0 Å². The van der Waals surface area contributed by atoms with Crippen LogP contribution in [0.5, 0.6) is 0 Å². The van der Waals surface area contributed by atoms with Gasteiger partial charge in [-0.3, -0.25) is 9.69 Å². The number of carbonyl (C=O) groups excluding carboxylic acids is 1. The number of anilines is 1. The molecule has 1 aliphatic heterocycles. The number of likely N-dealkylation sites (tertiary alicyclic amines) is 1. The highest BCUT2D eigenvalue weighted by Crippen LogP contribution is 2.34. The summed E-state index contributed by atoms with van der Waals surface area (Å²) in [5, 5.41) is 12.4. The van der Waals surface area contributed by atoms with E-state index >= 15 is 0 Å². The van der Waals surface area contributed by atoms with Crippen molar-refractivity contribution in [1.29, 1.82) is 0 Å².